The van der Waals surface area contributed by atoms with Gasteiger partial charge >= 0.3 is 0 Å². The van der Waals surface area contributed by atoms with Gasteiger partial charge in [-0.1, -0.05) is 24.3 Å². The Morgan fingerprint density at radius 2 is 1.75 bits per heavy atom. The van der Waals surface area contributed by atoms with Gasteiger partial charge in [0.2, 0.25) is 0 Å². The molecule has 0 fully saturated rings. The average Bonchev–Trinajstić information content (AvgIpc) is 2.44. The van der Waals surface area contributed by atoms with E-state index in [0.717, 1.165) is 30.7 Å². The number of anilines is 1. The summed E-state index contributed by atoms with van der Waals surface area (Å²) in [5.74, 6) is 0.869. The lowest BCUT2D eigenvalue weighted by Crippen LogP contribution is -2.36. The van der Waals surface area contributed by atoms with E-state index in [9.17, 15) is 0 Å². The molecular weight excluding hydrogens is 246 g/mol. The van der Waals surface area contributed by atoms with Gasteiger partial charge in [0.25, 0.3) is 0 Å². The van der Waals surface area contributed by atoms with Gasteiger partial charge in [0, 0.05) is 18.3 Å². The fraction of sp³-hybridized carbons (Fsp3) is 0.333. The molecule has 0 aromatic heterocycles. The number of ether oxygens (including phenoxy) is 1. The second kappa shape index (κ2) is 8.26. The Morgan fingerprint density at radius 1 is 1.20 bits per heavy atom. The van der Waals surface area contributed by atoms with Crippen molar-refractivity contribution in [1.29, 1.82) is 0 Å². The Bertz CT molecular complexity index is 437. The standard InChI is InChI=1S/C18H25NO/c1-6-8-16(9-7-2)19(14-15(3)4)17-10-12-18(20-5)13-11-17/h6-7,10-13,16H,1-3,8-9,14H2,4-5H3. The number of hydrogen-bond acceptors (Lipinski definition) is 2. The van der Waals surface area contributed by atoms with Crippen LogP contribution in [0.2, 0.25) is 0 Å². The molecule has 0 amide bonds. The molecule has 0 N–H and O–H groups in total. The van der Waals surface area contributed by atoms with Crippen molar-refractivity contribution in [2.75, 3.05) is 18.6 Å². The van der Waals surface area contributed by atoms with E-state index >= 15 is 0 Å². The van der Waals surface area contributed by atoms with Crippen LogP contribution in [0.3, 0.4) is 0 Å². The lowest BCUT2D eigenvalue weighted by molar-refractivity contribution is 0.414. The largest absolute Gasteiger partial charge is 0.497 e. The number of nitrogens with zero attached hydrogens (tertiary/aromatic N) is 1. The maximum atomic E-state index is 5.22. The van der Waals surface area contributed by atoms with Crippen LogP contribution in [-0.2, 0) is 0 Å². The van der Waals surface area contributed by atoms with Gasteiger partial charge in [-0.05, 0) is 44.0 Å². The van der Waals surface area contributed by atoms with Crippen LogP contribution >= 0.6 is 0 Å². The van der Waals surface area contributed by atoms with Gasteiger partial charge in [-0.2, -0.15) is 0 Å². The predicted molar refractivity (Wildman–Crippen MR) is 88.6 cm³/mol. The summed E-state index contributed by atoms with van der Waals surface area (Å²) >= 11 is 0. The molecule has 0 saturated heterocycles. The second-order valence-electron chi connectivity index (χ2n) is 4.99. The molecule has 0 bridgehead atoms. The first-order valence-corrected chi connectivity index (χ1v) is 6.89. The van der Waals surface area contributed by atoms with Crippen LogP contribution in [0, 0.1) is 0 Å². The highest BCUT2D eigenvalue weighted by Crippen LogP contribution is 2.24. The maximum Gasteiger partial charge on any atom is 0.119 e. The van der Waals surface area contributed by atoms with Crippen molar-refractivity contribution in [3.05, 3.63) is 61.7 Å². The third kappa shape index (κ3) is 4.61. The van der Waals surface area contributed by atoms with Crippen molar-refractivity contribution in [3.8, 4) is 5.75 Å². The van der Waals surface area contributed by atoms with E-state index in [2.05, 4.69) is 43.7 Å². The van der Waals surface area contributed by atoms with Crippen LogP contribution in [0.15, 0.2) is 61.7 Å². The third-order valence-electron chi connectivity index (χ3n) is 3.16. The number of hydrogen-bond donors (Lipinski definition) is 0. The van der Waals surface area contributed by atoms with E-state index < -0.39 is 0 Å². The van der Waals surface area contributed by atoms with Gasteiger partial charge < -0.3 is 9.64 Å². The minimum Gasteiger partial charge on any atom is -0.497 e. The Labute approximate surface area is 123 Å². The van der Waals surface area contributed by atoms with Gasteiger partial charge in [-0.15, -0.1) is 13.2 Å². The van der Waals surface area contributed by atoms with Gasteiger partial charge in [0.15, 0.2) is 0 Å². The Morgan fingerprint density at radius 3 is 2.15 bits per heavy atom. The SMILES string of the molecule is C=CCC(CC=C)N(CC(=C)C)c1ccc(OC)cc1. The zero-order valence-corrected chi connectivity index (χ0v) is 12.6. The zero-order chi connectivity index (χ0) is 15.0. The molecule has 0 unspecified atom stereocenters. The number of benzene rings is 1. The van der Waals surface area contributed by atoms with E-state index in [1.165, 1.54) is 5.69 Å². The minimum absolute atomic E-state index is 0.357. The Hall–Kier alpha value is -1.96. The molecule has 0 spiro atoms. The summed E-state index contributed by atoms with van der Waals surface area (Å²) in [4.78, 5) is 2.35. The van der Waals surface area contributed by atoms with Crippen molar-refractivity contribution < 1.29 is 4.74 Å². The van der Waals surface area contributed by atoms with Crippen molar-refractivity contribution in [3.63, 3.8) is 0 Å². The summed E-state index contributed by atoms with van der Waals surface area (Å²) in [5.41, 5.74) is 2.31. The zero-order valence-electron chi connectivity index (χ0n) is 12.6. The van der Waals surface area contributed by atoms with Gasteiger partial charge in [-0.3, -0.25) is 0 Å². The highest BCUT2D eigenvalue weighted by atomic mass is 16.5. The first kappa shape index (κ1) is 16.1. The molecule has 0 saturated carbocycles. The van der Waals surface area contributed by atoms with Crippen LogP contribution in [0.4, 0.5) is 5.69 Å². The first-order valence-electron chi connectivity index (χ1n) is 6.89. The molecule has 108 valence electrons. The van der Waals surface area contributed by atoms with Crippen molar-refractivity contribution in [2.45, 2.75) is 25.8 Å². The number of methoxy groups -OCH3 is 1. The van der Waals surface area contributed by atoms with E-state index in [1.54, 1.807) is 7.11 Å². The van der Waals surface area contributed by atoms with Crippen LogP contribution in [0.25, 0.3) is 0 Å². The van der Waals surface area contributed by atoms with Crippen LogP contribution in [0.1, 0.15) is 19.8 Å². The predicted octanol–water partition coefficient (Wildman–Crippen LogP) is 4.60. The molecule has 2 nitrogen and oxygen atoms in total. The third-order valence-corrected chi connectivity index (χ3v) is 3.16. The smallest absolute Gasteiger partial charge is 0.119 e. The molecule has 0 aliphatic heterocycles. The first-order chi connectivity index (χ1) is 9.62. The lowest BCUT2D eigenvalue weighted by atomic mass is 10.1. The topological polar surface area (TPSA) is 12.5 Å². The van der Waals surface area contributed by atoms with Gasteiger partial charge in [-0.25, -0.2) is 0 Å². The molecule has 0 heterocycles. The lowest BCUT2D eigenvalue weighted by Gasteiger charge is -2.33. The summed E-state index contributed by atoms with van der Waals surface area (Å²) in [7, 11) is 1.68. The second-order valence-corrected chi connectivity index (χ2v) is 4.99. The van der Waals surface area contributed by atoms with Crippen molar-refractivity contribution in [2.24, 2.45) is 0 Å². The summed E-state index contributed by atoms with van der Waals surface area (Å²) in [6.07, 6.45) is 5.77. The van der Waals surface area contributed by atoms with E-state index in [-0.39, 0.29) is 0 Å². The van der Waals surface area contributed by atoms with Crippen LogP contribution < -0.4 is 9.64 Å². The van der Waals surface area contributed by atoms with E-state index in [0.29, 0.717) is 6.04 Å². The van der Waals surface area contributed by atoms with E-state index in [4.69, 9.17) is 4.74 Å². The molecule has 1 aromatic carbocycles. The summed E-state index contributed by atoms with van der Waals surface area (Å²) < 4.78 is 5.22. The molecule has 0 aliphatic rings. The maximum absolute atomic E-state index is 5.22. The molecule has 20 heavy (non-hydrogen) atoms. The average molecular weight is 271 g/mol. The normalized spacial score (nSPS) is 10.2. The summed E-state index contributed by atoms with van der Waals surface area (Å²) in [6, 6.07) is 8.50. The van der Waals surface area contributed by atoms with Gasteiger partial charge in [0.05, 0.1) is 7.11 Å². The molecule has 0 atom stereocenters. The molecule has 1 aromatic rings. The molecule has 1 rings (SSSR count). The number of rotatable bonds is 9. The van der Waals surface area contributed by atoms with Crippen LogP contribution in [-0.4, -0.2) is 19.7 Å². The monoisotopic (exact) mass is 271 g/mol. The molecular formula is C18H25NO. The quantitative estimate of drug-likeness (QED) is 0.609. The fourth-order valence-corrected chi connectivity index (χ4v) is 2.23. The highest BCUT2D eigenvalue weighted by Gasteiger charge is 2.16. The molecule has 0 aliphatic carbocycles. The van der Waals surface area contributed by atoms with Crippen molar-refractivity contribution in [1.82, 2.24) is 0 Å². The summed E-state index contributed by atoms with van der Waals surface area (Å²) in [6.45, 7) is 14.6. The molecule has 2 heteroatoms. The Kier molecular flexibility index (Phi) is 6.65. The minimum atomic E-state index is 0.357. The van der Waals surface area contributed by atoms with E-state index in [1.807, 2.05) is 24.3 Å². The van der Waals surface area contributed by atoms with Crippen LogP contribution in [0.5, 0.6) is 5.75 Å². The Balaban J connectivity index is 3.03. The highest BCUT2D eigenvalue weighted by molar-refractivity contribution is 5.51. The molecule has 0 radical (unpaired) electrons. The summed E-state index contributed by atoms with van der Waals surface area (Å²) in [5, 5.41) is 0. The fourth-order valence-electron chi connectivity index (χ4n) is 2.23. The van der Waals surface area contributed by atoms with Gasteiger partial charge in [0.1, 0.15) is 5.75 Å². The van der Waals surface area contributed by atoms with Crippen molar-refractivity contribution >= 4 is 5.69 Å².